The van der Waals surface area contributed by atoms with E-state index < -0.39 is 12.2 Å². The number of halogens is 1. The van der Waals surface area contributed by atoms with Crippen LogP contribution in [-0.4, -0.2) is 54.1 Å². The van der Waals surface area contributed by atoms with Crippen molar-refractivity contribution in [3.63, 3.8) is 0 Å². The van der Waals surface area contributed by atoms with Gasteiger partial charge in [0.2, 0.25) is 5.91 Å². The fraction of sp³-hybridized carbons (Fsp3) is 0.320. The third-order valence-corrected chi connectivity index (χ3v) is 6.25. The van der Waals surface area contributed by atoms with Gasteiger partial charge in [-0.1, -0.05) is 30.3 Å². The average molecular weight is 464 g/mol. The smallest absolute Gasteiger partial charge is 0.414 e. The summed E-state index contributed by atoms with van der Waals surface area (Å²) >= 11 is 0. The van der Waals surface area contributed by atoms with Gasteiger partial charge in [-0.15, -0.1) is 0 Å². The van der Waals surface area contributed by atoms with Crippen molar-refractivity contribution >= 4 is 23.4 Å². The van der Waals surface area contributed by atoms with Crippen molar-refractivity contribution in [2.45, 2.75) is 25.5 Å². The minimum Gasteiger partial charge on any atom is -0.442 e. The summed E-state index contributed by atoms with van der Waals surface area (Å²) in [5.41, 5.74) is 2.93. The fourth-order valence-electron chi connectivity index (χ4n) is 4.50. The molecule has 1 aromatic heterocycles. The molecular formula is C25H26FN5O3. The van der Waals surface area contributed by atoms with Gasteiger partial charge in [0.25, 0.3) is 0 Å². The molecule has 8 nitrogen and oxygen atoms in total. The molecule has 2 aromatic carbocycles. The first-order chi connectivity index (χ1) is 16.5. The summed E-state index contributed by atoms with van der Waals surface area (Å²) in [6, 6.07) is 17.0. The maximum Gasteiger partial charge on any atom is 0.414 e. The molecule has 3 aromatic rings. The summed E-state index contributed by atoms with van der Waals surface area (Å²) in [6.07, 6.45) is 1.83. The molecule has 0 spiro atoms. The lowest BCUT2D eigenvalue weighted by molar-refractivity contribution is -0.119. The zero-order valence-electron chi connectivity index (χ0n) is 18.9. The van der Waals surface area contributed by atoms with Crippen LogP contribution in [0.1, 0.15) is 19.4 Å². The lowest BCUT2D eigenvalue weighted by atomic mass is 10.2. The summed E-state index contributed by atoms with van der Waals surface area (Å²) in [5.74, 6) is -0.582. The maximum absolute atomic E-state index is 15.1. The van der Waals surface area contributed by atoms with E-state index in [4.69, 9.17) is 9.84 Å². The highest BCUT2D eigenvalue weighted by molar-refractivity contribution is 5.90. The number of benzene rings is 2. The molecule has 2 aliphatic heterocycles. The van der Waals surface area contributed by atoms with E-state index in [0.29, 0.717) is 24.5 Å². The first-order valence-corrected chi connectivity index (χ1v) is 11.4. The largest absolute Gasteiger partial charge is 0.442 e. The van der Waals surface area contributed by atoms with E-state index in [2.05, 4.69) is 5.32 Å². The van der Waals surface area contributed by atoms with Gasteiger partial charge in [0.15, 0.2) is 0 Å². The predicted molar refractivity (Wildman–Crippen MR) is 126 cm³/mol. The van der Waals surface area contributed by atoms with Crippen LogP contribution in [0.4, 0.5) is 20.6 Å². The summed E-state index contributed by atoms with van der Waals surface area (Å²) in [4.78, 5) is 26.7. The Balaban J connectivity index is 1.25. The van der Waals surface area contributed by atoms with Crippen molar-refractivity contribution in [1.82, 2.24) is 15.1 Å². The Morgan fingerprint density at radius 2 is 2.00 bits per heavy atom. The van der Waals surface area contributed by atoms with E-state index in [1.807, 2.05) is 52.2 Å². The van der Waals surface area contributed by atoms with Gasteiger partial charge in [-0.25, -0.2) is 9.18 Å². The molecule has 5 rings (SSSR count). The number of amides is 2. The van der Waals surface area contributed by atoms with Crippen molar-refractivity contribution in [2.24, 2.45) is 0 Å². The van der Waals surface area contributed by atoms with Gasteiger partial charge in [0.05, 0.1) is 36.2 Å². The second-order valence-electron chi connectivity index (χ2n) is 8.62. The highest BCUT2D eigenvalue weighted by Gasteiger charge is 2.33. The van der Waals surface area contributed by atoms with Crippen LogP contribution >= 0.6 is 0 Å². The third kappa shape index (κ3) is 4.46. The van der Waals surface area contributed by atoms with E-state index in [9.17, 15) is 9.59 Å². The fourth-order valence-corrected chi connectivity index (χ4v) is 4.50. The summed E-state index contributed by atoms with van der Waals surface area (Å²) < 4.78 is 22.3. The minimum absolute atomic E-state index is 0.152. The van der Waals surface area contributed by atoms with Crippen molar-refractivity contribution in [1.29, 1.82) is 0 Å². The van der Waals surface area contributed by atoms with Gasteiger partial charge >= 0.3 is 6.09 Å². The molecule has 9 heteroatoms. The molecule has 2 atom stereocenters. The van der Waals surface area contributed by atoms with Gasteiger partial charge < -0.3 is 15.0 Å². The summed E-state index contributed by atoms with van der Waals surface area (Å²) in [5, 5.41) is 7.37. The summed E-state index contributed by atoms with van der Waals surface area (Å²) in [6.45, 7) is 3.25. The third-order valence-electron chi connectivity index (χ3n) is 6.25. The topological polar surface area (TPSA) is 79.7 Å². The molecule has 3 heterocycles. The Kier molecular flexibility index (Phi) is 5.91. The van der Waals surface area contributed by atoms with Crippen molar-refractivity contribution in [3.05, 3.63) is 66.6 Å². The molecule has 0 saturated carbocycles. The van der Waals surface area contributed by atoms with Crippen molar-refractivity contribution in [2.75, 3.05) is 36.0 Å². The van der Waals surface area contributed by atoms with Crippen LogP contribution < -0.4 is 15.1 Å². The molecule has 0 radical (unpaired) electrons. The Labute approximate surface area is 196 Å². The molecule has 1 N–H and O–H groups in total. The quantitative estimate of drug-likeness (QED) is 0.604. The zero-order chi connectivity index (χ0) is 23.7. The van der Waals surface area contributed by atoms with Gasteiger partial charge in [0.1, 0.15) is 11.9 Å². The average Bonchev–Trinajstić information content (AvgIpc) is 3.58. The molecule has 2 saturated heterocycles. The highest BCUT2D eigenvalue weighted by Crippen LogP contribution is 2.32. The molecule has 0 unspecified atom stereocenters. The number of anilines is 2. The standard InChI is InChI=1S/C25H26FN5O3/c1-17(32)27-14-21-16-30(25(33)34-21)19-7-8-24(22(26)13-19)29-11-9-20(15-29)31-12-10-23(28-31)18-5-3-2-4-6-18/h2-8,10,12-13,20-21H,9,11,14-16H2,1H3,(H,27,32)/t20-,21+/m1/s1. The normalized spacial score (nSPS) is 20.0. The zero-order valence-corrected chi connectivity index (χ0v) is 18.9. The van der Waals surface area contributed by atoms with E-state index in [-0.39, 0.29) is 30.9 Å². The number of carbonyl (C=O) groups is 2. The monoisotopic (exact) mass is 463 g/mol. The number of nitrogens with one attached hydrogen (secondary N) is 1. The highest BCUT2D eigenvalue weighted by atomic mass is 19.1. The van der Waals surface area contributed by atoms with Gasteiger partial charge in [0, 0.05) is 31.8 Å². The van der Waals surface area contributed by atoms with Crippen LogP contribution in [0.2, 0.25) is 0 Å². The Morgan fingerprint density at radius 3 is 2.76 bits per heavy atom. The molecule has 2 aliphatic rings. The molecule has 0 bridgehead atoms. The second-order valence-corrected chi connectivity index (χ2v) is 8.62. The van der Waals surface area contributed by atoms with Crippen LogP contribution in [0, 0.1) is 5.82 Å². The summed E-state index contributed by atoms with van der Waals surface area (Å²) in [7, 11) is 0. The van der Waals surface area contributed by atoms with E-state index >= 15 is 4.39 Å². The van der Waals surface area contributed by atoms with Crippen LogP contribution in [0.15, 0.2) is 60.8 Å². The first-order valence-electron chi connectivity index (χ1n) is 11.4. The molecule has 34 heavy (non-hydrogen) atoms. The van der Waals surface area contributed by atoms with Crippen LogP contribution in [0.3, 0.4) is 0 Å². The predicted octanol–water partition coefficient (Wildman–Crippen LogP) is 3.60. The number of hydrogen-bond acceptors (Lipinski definition) is 5. The Morgan fingerprint density at radius 1 is 1.18 bits per heavy atom. The number of cyclic esters (lactones) is 1. The molecule has 2 amide bonds. The lowest BCUT2D eigenvalue weighted by Crippen LogP contribution is -2.33. The molecule has 2 fully saturated rings. The minimum atomic E-state index is -0.545. The van der Waals surface area contributed by atoms with E-state index in [0.717, 1.165) is 17.7 Å². The van der Waals surface area contributed by atoms with Crippen LogP contribution in [0.25, 0.3) is 11.3 Å². The first kappa shape index (κ1) is 21.9. The Bertz CT molecular complexity index is 1200. The second kappa shape index (κ2) is 9.17. The molecule has 0 aliphatic carbocycles. The van der Waals surface area contributed by atoms with Crippen molar-refractivity contribution in [3.8, 4) is 11.3 Å². The van der Waals surface area contributed by atoms with Gasteiger partial charge in [-0.2, -0.15) is 5.10 Å². The SMILES string of the molecule is CC(=O)NC[C@H]1CN(c2ccc(N3CC[C@@H](n4ccc(-c5ccccc5)n4)C3)c(F)c2)C(=O)O1. The number of nitrogens with zero attached hydrogens (tertiary/aromatic N) is 4. The molecular weight excluding hydrogens is 437 g/mol. The van der Waals surface area contributed by atoms with Crippen LogP contribution in [0.5, 0.6) is 0 Å². The van der Waals surface area contributed by atoms with Gasteiger partial charge in [-0.3, -0.25) is 14.4 Å². The number of hydrogen-bond donors (Lipinski definition) is 1. The van der Waals surface area contributed by atoms with Crippen LogP contribution in [-0.2, 0) is 9.53 Å². The number of rotatable bonds is 6. The maximum atomic E-state index is 15.1. The number of ether oxygens (including phenoxy) is 1. The lowest BCUT2D eigenvalue weighted by Gasteiger charge is -2.21. The molecule has 176 valence electrons. The number of carbonyl (C=O) groups excluding carboxylic acids is 2. The van der Waals surface area contributed by atoms with Gasteiger partial charge in [-0.05, 0) is 30.7 Å². The van der Waals surface area contributed by atoms with E-state index in [1.165, 1.54) is 17.9 Å². The Hall–Kier alpha value is -3.88. The van der Waals surface area contributed by atoms with E-state index in [1.54, 1.807) is 12.1 Å². The number of aromatic nitrogens is 2. The van der Waals surface area contributed by atoms with Crippen molar-refractivity contribution < 1.29 is 18.7 Å².